The predicted molar refractivity (Wildman–Crippen MR) is 80.3 cm³/mol. The van der Waals surface area contributed by atoms with Gasteiger partial charge in [-0.15, -0.1) is 0 Å². The van der Waals surface area contributed by atoms with Gasteiger partial charge < -0.3 is 15.5 Å². The minimum absolute atomic E-state index is 0.180. The van der Waals surface area contributed by atoms with Crippen LogP contribution < -0.4 is 10.6 Å². The van der Waals surface area contributed by atoms with E-state index in [0.29, 0.717) is 12.5 Å². The van der Waals surface area contributed by atoms with E-state index in [-0.39, 0.29) is 5.91 Å². The average Bonchev–Trinajstić information content (AvgIpc) is 2.63. The molecule has 1 fully saturated rings. The molecule has 0 spiro atoms. The van der Waals surface area contributed by atoms with Crippen molar-refractivity contribution in [3.63, 3.8) is 0 Å². The van der Waals surface area contributed by atoms with Gasteiger partial charge >= 0.3 is 0 Å². The summed E-state index contributed by atoms with van der Waals surface area (Å²) < 4.78 is 0. The number of carbonyl (C=O) groups excluding carboxylic acids is 1. The molecule has 0 unspecified atom stereocenters. The summed E-state index contributed by atoms with van der Waals surface area (Å²) in [6.45, 7) is 2.64. The van der Waals surface area contributed by atoms with Crippen molar-refractivity contribution in [1.29, 1.82) is 0 Å². The lowest BCUT2D eigenvalue weighted by molar-refractivity contribution is -0.121. The summed E-state index contributed by atoms with van der Waals surface area (Å²) in [5.74, 6) is 0.180. The van der Waals surface area contributed by atoms with Crippen molar-refractivity contribution >= 4 is 5.91 Å². The number of carbonyl (C=O) groups is 1. The molecule has 2 N–H and O–H groups in total. The van der Waals surface area contributed by atoms with Crippen LogP contribution >= 0.6 is 0 Å². The van der Waals surface area contributed by atoms with Crippen molar-refractivity contribution in [3.05, 3.63) is 0 Å². The minimum atomic E-state index is 0.180. The Kier molecular flexibility index (Phi) is 8.84. The first-order valence-electron chi connectivity index (χ1n) is 7.83. The van der Waals surface area contributed by atoms with Gasteiger partial charge in [-0.1, -0.05) is 25.7 Å². The summed E-state index contributed by atoms with van der Waals surface area (Å²) in [7, 11) is 4.11. The van der Waals surface area contributed by atoms with Gasteiger partial charge in [0.25, 0.3) is 0 Å². The van der Waals surface area contributed by atoms with E-state index in [1.54, 1.807) is 0 Å². The summed E-state index contributed by atoms with van der Waals surface area (Å²) in [5, 5.41) is 6.51. The second kappa shape index (κ2) is 10.2. The molecule has 0 aliphatic heterocycles. The fourth-order valence-corrected chi connectivity index (χ4v) is 2.58. The van der Waals surface area contributed by atoms with Crippen molar-refractivity contribution in [2.75, 3.05) is 33.7 Å². The van der Waals surface area contributed by atoms with Gasteiger partial charge in [-0.3, -0.25) is 4.79 Å². The summed E-state index contributed by atoms with van der Waals surface area (Å²) in [6.07, 6.45) is 9.64. The fourth-order valence-electron chi connectivity index (χ4n) is 2.58. The predicted octanol–water partition coefficient (Wildman–Crippen LogP) is 1.76. The van der Waals surface area contributed by atoms with E-state index in [4.69, 9.17) is 0 Å². The summed E-state index contributed by atoms with van der Waals surface area (Å²) in [6, 6.07) is 0.643. The number of nitrogens with one attached hydrogen (secondary N) is 2. The van der Waals surface area contributed by atoms with E-state index in [1.165, 1.54) is 38.5 Å². The maximum atomic E-state index is 11.6. The van der Waals surface area contributed by atoms with E-state index < -0.39 is 0 Å². The molecule has 1 saturated carbocycles. The van der Waals surface area contributed by atoms with Gasteiger partial charge in [0.15, 0.2) is 0 Å². The molecule has 4 nitrogen and oxygen atoms in total. The Balaban J connectivity index is 1.97. The lowest BCUT2D eigenvalue weighted by Gasteiger charge is -2.16. The van der Waals surface area contributed by atoms with Crippen LogP contribution in [0.15, 0.2) is 0 Å². The molecule has 0 atom stereocenters. The van der Waals surface area contributed by atoms with E-state index in [1.807, 2.05) is 0 Å². The Bertz CT molecular complexity index is 236. The molecule has 112 valence electrons. The third kappa shape index (κ3) is 9.00. The zero-order chi connectivity index (χ0) is 13.9. The zero-order valence-corrected chi connectivity index (χ0v) is 12.7. The largest absolute Gasteiger partial charge is 0.356 e. The van der Waals surface area contributed by atoms with Crippen molar-refractivity contribution < 1.29 is 4.79 Å². The molecule has 0 aromatic carbocycles. The molecule has 0 radical (unpaired) electrons. The van der Waals surface area contributed by atoms with Crippen molar-refractivity contribution in [2.24, 2.45) is 0 Å². The molecular weight excluding hydrogens is 238 g/mol. The second-order valence-electron chi connectivity index (χ2n) is 5.90. The second-order valence-corrected chi connectivity index (χ2v) is 5.90. The van der Waals surface area contributed by atoms with Crippen LogP contribution in [0.1, 0.15) is 51.4 Å². The van der Waals surface area contributed by atoms with E-state index in [2.05, 4.69) is 29.6 Å². The van der Waals surface area contributed by atoms with Gasteiger partial charge in [0.1, 0.15) is 0 Å². The Labute approximate surface area is 118 Å². The molecule has 0 bridgehead atoms. The van der Waals surface area contributed by atoms with Crippen LogP contribution in [-0.2, 0) is 4.79 Å². The SMILES string of the molecule is CN(C)CCCNC(=O)CCNC1CCCCCC1. The number of hydrogen-bond acceptors (Lipinski definition) is 3. The van der Waals surface area contributed by atoms with Crippen molar-refractivity contribution in [2.45, 2.75) is 57.4 Å². The highest BCUT2D eigenvalue weighted by Crippen LogP contribution is 2.16. The molecule has 0 aromatic heterocycles. The van der Waals surface area contributed by atoms with Crippen LogP contribution in [0.2, 0.25) is 0 Å². The highest BCUT2D eigenvalue weighted by Gasteiger charge is 2.11. The molecule has 1 rings (SSSR count). The normalized spacial score (nSPS) is 17.4. The highest BCUT2D eigenvalue weighted by atomic mass is 16.1. The highest BCUT2D eigenvalue weighted by molar-refractivity contribution is 5.75. The first-order valence-corrected chi connectivity index (χ1v) is 7.83. The maximum Gasteiger partial charge on any atom is 0.221 e. The van der Waals surface area contributed by atoms with E-state index >= 15 is 0 Å². The number of nitrogens with zero attached hydrogens (tertiary/aromatic N) is 1. The Morgan fingerprint density at radius 3 is 2.42 bits per heavy atom. The molecule has 0 saturated heterocycles. The summed E-state index contributed by atoms with van der Waals surface area (Å²) in [5.41, 5.74) is 0. The van der Waals surface area contributed by atoms with Gasteiger partial charge in [-0.05, 0) is 39.9 Å². The molecule has 0 heterocycles. The molecule has 1 aliphatic carbocycles. The van der Waals surface area contributed by atoms with Gasteiger partial charge in [0.2, 0.25) is 5.91 Å². The van der Waals surface area contributed by atoms with Crippen LogP contribution in [-0.4, -0.2) is 50.6 Å². The van der Waals surface area contributed by atoms with Crippen LogP contribution in [0, 0.1) is 0 Å². The van der Waals surface area contributed by atoms with E-state index in [0.717, 1.165) is 26.1 Å². The summed E-state index contributed by atoms with van der Waals surface area (Å²) >= 11 is 0. The van der Waals surface area contributed by atoms with Crippen LogP contribution in [0.25, 0.3) is 0 Å². The molecular formula is C15H31N3O. The monoisotopic (exact) mass is 269 g/mol. The number of amides is 1. The van der Waals surface area contributed by atoms with Crippen molar-refractivity contribution in [3.8, 4) is 0 Å². The standard InChI is InChI=1S/C15H31N3O/c1-18(2)13-7-11-17-15(19)10-12-16-14-8-5-3-4-6-9-14/h14,16H,3-13H2,1-2H3,(H,17,19). The van der Waals surface area contributed by atoms with Crippen molar-refractivity contribution in [1.82, 2.24) is 15.5 Å². The lowest BCUT2D eigenvalue weighted by atomic mass is 10.1. The molecule has 19 heavy (non-hydrogen) atoms. The third-order valence-electron chi connectivity index (χ3n) is 3.74. The quantitative estimate of drug-likeness (QED) is 0.521. The lowest BCUT2D eigenvalue weighted by Crippen LogP contribution is -2.34. The Hall–Kier alpha value is -0.610. The molecule has 0 aromatic rings. The molecule has 1 amide bonds. The molecule has 4 heteroatoms. The minimum Gasteiger partial charge on any atom is -0.356 e. The van der Waals surface area contributed by atoms with Gasteiger partial charge in [-0.2, -0.15) is 0 Å². The first kappa shape index (κ1) is 16.4. The van der Waals surface area contributed by atoms with Crippen LogP contribution in [0.4, 0.5) is 0 Å². The van der Waals surface area contributed by atoms with Crippen LogP contribution in [0.3, 0.4) is 0 Å². The topological polar surface area (TPSA) is 44.4 Å². The van der Waals surface area contributed by atoms with Gasteiger partial charge in [0, 0.05) is 25.6 Å². The van der Waals surface area contributed by atoms with Crippen LogP contribution in [0.5, 0.6) is 0 Å². The summed E-state index contributed by atoms with van der Waals surface area (Å²) in [4.78, 5) is 13.8. The first-order chi connectivity index (χ1) is 9.18. The zero-order valence-electron chi connectivity index (χ0n) is 12.7. The number of hydrogen-bond donors (Lipinski definition) is 2. The smallest absolute Gasteiger partial charge is 0.221 e. The van der Waals surface area contributed by atoms with Gasteiger partial charge in [0.05, 0.1) is 0 Å². The van der Waals surface area contributed by atoms with Gasteiger partial charge in [-0.25, -0.2) is 0 Å². The fraction of sp³-hybridized carbons (Fsp3) is 0.933. The Morgan fingerprint density at radius 1 is 1.11 bits per heavy atom. The number of rotatable bonds is 8. The Morgan fingerprint density at radius 2 is 1.79 bits per heavy atom. The van der Waals surface area contributed by atoms with E-state index in [9.17, 15) is 4.79 Å². The maximum absolute atomic E-state index is 11.6. The molecule has 1 aliphatic rings. The third-order valence-corrected chi connectivity index (χ3v) is 3.74. The average molecular weight is 269 g/mol.